The first-order valence-corrected chi connectivity index (χ1v) is 14.1. The molecule has 228 valence electrons. The maximum absolute atomic E-state index is 11.7. The van der Waals surface area contributed by atoms with E-state index >= 15 is 0 Å². The number of carbonyl (C=O) groups is 2. The molecule has 2 fully saturated rings. The molecule has 0 spiro atoms. The van der Waals surface area contributed by atoms with Crippen molar-refractivity contribution in [2.75, 3.05) is 24.5 Å². The number of piperidine rings is 1. The standard InChI is InChI=1S/C25H30Cl2N6O2.C2HF3O2/c1-14-13-31(10-8-20(14)32-9-4-5-21(32)25(34)35)22-12-28-23-15(2)30-33(24(23)29-22)16(3)18-7-6-17(26)11-19(18)27;3-2(4,5)1(6)7/h6-7,11-12,14,16,20-21H,4-5,8-10,13H2,1-3H3,(H,34,35);(H,6,7)/t14-,16?,20+,21+;/m1./s1. The Kier molecular flexibility index (Phi) is 9.53. The van der Waals surface area contributed by atoms with E-state index in [1.807, 2.05) is 36.9 Å². The molecular weight excluding hydrogens is 600 g/mol. The van der Waals surface area contributed by atoms with E-state index in [0.717, 1.165) is 67.1 Å². The molecule has 4 atom stereocenters. The third-order valence-electron chi connectivity index (χ3n) is 7.77. The van der Waals surface area contributed by atoms with E-state index in [-0.39, 0.29) is 18.1 Å². The lowest BCUT2D eigenvalue weighted by Crippen LogP contribution is -2.53. The van der Waals surface area contributed by atoms with Crippen LogP contribution < -0.4 is 4.90 Å². The van der Waals surface area contributed by atoms with Crippen molar-refractivity contribution in [1.29, 1.82) is 0 Å². The molecule has 4 heterocycles. The molecule has 15 heteroatoms. The molecule has 5 rings (SSSR count). The molecular formula is C27H31Cl2F3N6O4. The zero-order chi connectivity index (χ0) is 30.9. The van der Waals surface area contributed by atoms with Gasteiger partial charge in [0.05, 0.1) is 17.9 Å². The van der Waals surface area contributed by atoms with Crippen molar-refractivity contribution >= 4 is 52.1 Å². The first-order chi connectivity index (χ1) is 19.7. The first-order valence-electron chi connectivity index (χ1n) is 13.4. The minimum Gasteiger partial charge on any atom is -0.480 e. The van der Waals surface area contributed by atoms with Crippen LogP contribution in [0.3, 0.4) is 0 Å². The summed E-state index contributed by atoms with van der Waals surface area (Å²) in [6.07, 6.45) is -0.668. The predicted octanol–water partition coefficient (Wildman–Crippen LogP) is 5.45. The molecule has 1 aromatic carbocycles. The molecule has 0 bridgehead atoms. The highest BCUT2D eigenvalue weighted by Gasteiger charge is 2.40. The Bertz CT molecular complexity index is 1470. The summed E-state index contributed by atoms with van der Waals surface area (Å²) in [6.45, 7) is 8.66. The van der Waals surface area contributed by atoms with Crippen molar-refractivity contribution in [3.8, 4) is 0 Å². The Balaban J connectivity index is 0.000000517. The molecule has 2 aliphatic heterocycles. The Morgan fingerprint density at radius 1 is 1.14 bits per heavy atom. The van der Waals surface area contributed by atoms with Crippen LogP contribution in [0.4, 0.5) is 19.0 Å². The molecule has 0 radical (unpaired) electrons. The monoisotopic (exact) mass is 630 g/mol. The van der Waals surface area contributed by atoms with Gasteiger partial charge in [-0.15, -0.1) is 0 Å². The summed E-state index contributed by atoms with van der Waals surface area (Å²) in [7, 11) is 0. The number of aryl methyl sites for hydroxylation is 1. The highest BCUT2D eigenvalue weighted by molar-refractivity contribution is 6.35. The van der Waals surface area contributed by atoms with E-state index in [4.69, 9.17) is 48.2 Å². The highest BCUT2D eigenvalue weighted by atomic mass is 35.5. The third kappa shape index (κ3) is 6.73. The molecule has 2 aromatic heterocycles. The fourth-order valence-corrected chi connectivity index (χ4v) is 6.29. The Morgan fingerprint density at radius 3 is 2.43 bits per heavy atom. The Morgan fingerprint density at radius 2 is 1.83 bits per heavy atom. The molecule has 0 saturated carbocycles. The van der Waals surface area contributed by atoms with Gasteiger partial charge in [0.1, 0.15) is 17.4 Å². The molecule has 2 saturated heterocycles. The zero-order valence-corrected chi connectivity index (χ0v) is 24.7. The maximum Gasteiger partial charge on any atom is 0.490 e. The molecule has 1 unspecified atom stereocenters. The second kappa shape index (κ2) is 12.6. The number of nitrogens with zero attached hydrogens (tertiary/aromatic N) is 6. The summed E-state index contributed by atoms with van der Waals surface area (Å²) in [4.78, 5) is 34.8. The van der Waals surface area contributed by atoms with Gasteiger partial charge in [-0.05, 0) is 63.3 Å². The van der Waals surface area contributed by atoms with E-state index in [2.05, 4.69) is 16.7 Å². The van der Waals surface area contributed by atoms with Gasteiger partial charge in [-0.3, -0.25) is 9.69 Å². The van der Waals surface area contributed by atoms with Crippen LogP contribution >= 0.6 is 23.2 Å². The van der Waals surface area contributed by atoms with Crippen molar-refractivity contribution in [2.45, 2.75) is 64.3 Å². The Labute approximate surface area is 250 Å². The summed E-state index contributed by atoms with van der Waals surface area (Å²) < 4.78 is 33.6. The number of carboxylic acid groups (broad SMARTS) is 2. The number of hydrogen-bond acceptors (Lipinski definition) is 7. The van der Waals surface area contributed by atoms with Crippen LogP contribution in [0.2, 0.25) is 10.0 Å². The summed E-state index contributed by atoms with van der Waals surface area (Å²) in [5.41, 5.74) is 3.23. The number of aliphatic carboxylic acids is 2. The quantitative estimate of drug-likeness (QED) is 0.379. The maximum atomic E-state index is 11.7. The van der Waals surface area contributed by atoms with Gasteiger partial charge in [0.15, 0.2) is 5.65 Å². The Hall–Kier alpha value is -3.16. The molecule has 42 heavy (non-hydrogen) atoms. The van der Waals surface area contributed by atoms with Gasteiger partial charge in [-0.25, -0.2) is 19.4 Å². The number of benzene rings is 1. The van der Waals surface area contributed by atoms with Crippen LogP contribution in [0.1, 0.15) is 50.4 Å². The van der Waals surface area contributed by atoms with Crippen LogP contribution in [0.25, 0.3) is 11.2 Å². The van der Waals surface area contributed by atoms with Crippen molar-refractivity contribution in [3.05, 3.63) is 45.7 Å². The van der Waals surface area contributed by atoms with Crippen LogP contribution in [0.5, 0.6) is 0 Å². The van der Waals surface area contributed by atoms with Gasteiger partial charge >= 0.3 is 18.1 Å². The lowest BCUT2D eigenvalue weighted by atomic mass is 9.91. The SMILES string of the molecule is Cc1nn(C(C)c2ccc(Cl)cc2Cl)c2nc(N3CC[C@H](N4CCC[C@H]4C(=O)O)[C@H](C)C3)cnc12.O=C(O)C(F)(F)F. The number of likely N-dealkylation sites (tertiary alicyclic amines) is 1. The van der Waals surface area contributed by atoms with Crippen LogP contribution in [0.15, 0.2) is 24.4 Å². The van der Waals surface area contributed by atoms with E-state index in [1.165, 1.54) is 0 Å². The number of halogens is 5. The second-order valence-electron chi connectivity index (χ2n) is 10.6. The zero-order valence-electron chi connectivity index (χ0n) is 23.1. The van der Waals surface area contributed by atoms with E-state index in [0.29, 0.717) is 16.0 Å². The molecule has 0 aliphatic carbocycles. The second-order valence-corrected chi connectivity index (χ2v) is 11.4. The summed E-state index contributed by atoms with van der Waals surface area (Å²) in [6, 6.07) is 5.26. The predicted molar refractivity (Wildman–Crippen MR) is 151 cm³/mol. The molecule has 3 aromatic rings. The smallest absolute Gasteiger partial charge is 0.480 e. The van der Waals surface area contributed by atoms with Gasteiger partial charge in [0, 0.05) is 29.2 Å². The van der Waals surface area contributed by atoms with Crippen molar-refractivity contribution in [3.63, 3.8) is 0 Å². The van der Waals surface area contributed by atoms with E-state index in [9.17, 15) is 23.1 Å². The van der Waals surface area contributed by atoms with E-state index in [1.54, 1.807) is 6.07 Å². The summed E-state index contributed by atoms with van der Waals surface area (Å²) >= 11 is 12.6. The van der Waals surface area contributed by atoms with Gasteiger partial charge in [-0.1, -0.05) is 36.2 Å². The van der Waals surface area contributed by atoms with Crippen molar-refractivity contribution < 1.29 is 33.0 Å². The number of fused-ring (bicyclic) bond motifs is 1. The number of anilines is 1. The molecule has 0 amide bonds. The first kappa shape index (κ1) is 31.8. The lowest BCUT2D eigenvalue weighted by molar-refractivity contribution is -0.192. The number of carboxylic acids is 2. The average molecular weight is 631 g/mol. The van der Waals surface area contributed by atoms with Crippen molar-refractivity contribution in [1.82, 2.24) is 24.6 Å². The fourth-order valence-electron chi connectivity index (χ4n) is 5.72. The van der Waals surface area contributed by atoms with Gasteiger partial charge in [0.2, 0.25) is 0 Å². The molecule has 2 aliphatic rings. The van der Waals surface area contributed by atoms with Gasteiger partial charge < -0.3 is 15.1 Å². The largest absolute Gasteiger partial charge is 0.490 e. The third-order valence-corrected chi connectivity index (χ3v) is 8.33. The molecule has 10 nitrogen and oxygen atoms in total. The number of aromatic nitrogens is 4. The van der Waals surface area contributed by atoms with Crippen LogP contribution in [0, 0.1) is 12.8 Å². The average Bonchev–Trinajstić information content (AvgIpc) is 3.53. The van der Waals surface area contributed by atoms with E-state index < -0.39 is 18.1 Å². The minimum atomic E-state index is -5.08. The normalized spacial score (nSPS) is 22.1. The topological polar surface area (TPSA) is 125 Å². The summed E-state index contributed by atoms with van der Waals surface area (Å²) in [5.74, 6) is -2.33. The van der Waals surface area contributed by atoms with Crippen LogP contribution in [-0.2, 0) is 9.59 Å². The molecule has 2 N–H and O–H groups in total. The number of rotatable bonds is 5. The highest BCUT2D eigenvalue weighted by Crippen LogP contribution is 2.33. The van der Waals surface area contributed by atoms with Gasteiger partial charge in [-0.2, -0.15) is 18.3 Å². The minimum absolute atomic E-state index is 0.145. The number of hydrogen-bond donors (Lipinski definition) is 2. The van der Waals surface area contributed by atoms with Crippen molar-refractivity contribution in [2.24, 2.45) is 5.92 Å². The number of alkyl halides is 3. The van der Waals surface area contributed by atoms with Crippen LogP contribution in [-0.4, -0.2) is 84.7 Å². The summed E-state index contributed by atoms with van der Waals surface area (Å²) in [5, 5.41) is 22.7. The van der Waals surface area contributed by atoms with Gasteiger partial charge in [0.25, 0.3) is 0 Å². The lowest BCUT2D eigenvalue weighted by Gasteiger charge is -2.43. The fraction of sp³-hybridized carbons (Fsp3) is 0.519.